The Morgan fingerprint density at radius 1 is 1.36 bits per heavy atom. The lowest BCUT2D eigenvalue weighted by Crippen LogP contribution is -2.30. The average Bonchev–Trinajstić information content (AvgIpc) is 2.96. The van der Waals surface area contributed by atoms with Gasteiger partial charge in [0.15, 0.2) is 0 Å². The van der Waals surface area contributed by atoms with E-state index in [2.05, 4.69) is 26.3 Å². The predicted molar refractivity (Wildman–Crippen MR) is 84.5 cm³/mol. The van der Waals surface area contributed by atoms with Crippen molar-refractivity contribution in [2.75, 3.05) is 0 Å². The summed E-state index contributed by atoms with van der Waals surface area (Å²) in [6.45, 7) is 2.59. The third kappa shape index (κ3) is 4.17. The first-order valence-corrected chi connectivity index (χ1v) is 7.59. The van der Waals surface area contributed by atoms with Crippen LogP contribution in [0.4, 0.5) is 0 Å². The summed E-state index contributed by atoms with van der Waals surface area (Å²) in [6.07, 6.45) is 2.92. The van der Waals surface area contributed by atoms with E-state index in [1.165, 1.54) is 6.20 Å². The maximum absolute atomic E-state index is 12.2. The molecule has 22 heavy (non-hydrogen) atoms. The van der Waals surface area contributed by atoms with Crippen molar-refractivity contribution in [2.24, 2.45) is 0 Å². The quantitative estimate of drug-likeness (QED) is 0.823. The van der Waals surface area contributed by atoms with E-state index >= 15 is 0 Å². The summed E-state index contributed by atoms with van der Waals surface area (Å²) in [5.41, 5.74) is 1.15. The van der Waals surface area contributed by atoms with E-state index in [-0.39, 0.29) is 12.3 Å². The van der Waals surface area contributed by atoms with Gasteiger partial charge in [-0.15, -0.1) is 0 Å². The normalized spacial score (nSPS) is 11.9. The highest BCUT2D eigenvalue weighted by molar-refractivity contribution is 9.10. The molecule has 1 aromatic carbocycles. The van der Waals surface area contributed by atoms with Crippen molar-refractivity contribution in [3.05, 3.63) is 52.3 Å². The number of aryl methyl sites for hydroxylation is 1. The van der Waals surface area contributed by atoms with Crippen LogP contribution in [0.25, 0.3) is 0 Å². The number of carboxylic acids is 1. The molecule has 0 saturated heterocycles. The lowest BCUT2D eigenvalue weighted by atomic mass is 10.0. The Morgan fingerprint density at radius 3 is 2.59 bits per heavy atom. The molecule has 2 rings (SSSR count). The van der Waals surface area contributed by atoms with Gasteiger partial charge in [-0.1, -0.05) is 28.1 Å². The number of nitrogens with zero attached hydrogens (tertiary/aromatic N) is 2. The number of hydrogen-bond donors (Lipinski definition) is 2. The summed E-state index contributed by atoms with van der Waals surface area (Å²) < 4.78 is 2.53. The van der Waals surface area contributed by atoms with Crippen LogP contribution in [0, 0.1) is 0 Å². The highest BCUT2D eigenvalue weighted by Crippen LogP contribution is 2.20. The molecule has 1 heterocycles. The molecule has 7 heteroatoms. The van der Waals surface area contributed by atoms with Gasteiger partial charge in [0.25, 0.3) is 5.91 Å². The molecule has 0 saturated carbocycles. The minimum atomic E-state index is -0.975. The van der Waals surface area contributed by atoms with Crippen LogP contribution < -0.4 is 5.32 Å². The highest BCUT2D eigenvalue weighted by Gasteiger charge is 2.19. The van der Waals surface area contributed by atoms with Gasteiger partial charge in [-0.05, 0) is 24.6 Å². The van der Waals surface area contributed by atoms with E-state index in [0.29, 0.717) is 12.1 Å². The standard InChI is InChI=1S/C15H16BrN3O3/c1-2-19-9-11(8-17-19)15(22)18-13(7-14(20)21)10-3-5-12(16)6-4-10/h3-6,8-9,13H,2,7H2,1H3,(H,18,22)(H,20,21). The zero-order valence-corrected chi connectivity index (χ0v) is 13.6. The van der Waals surface area contributed by atoms with Gasteiger partial charge in [0.2, 0.25) is 0 Å². The minimum absolute atomic E-state index is 0.185. The minimum Gasteiger partial charge on any atom is -0.481 e. The van der Waals surface area contributed by atoms with Crippen molar-refractivity contribution in [2.45, 2.75) is 25.9 Å². The van der Waals surface area contributed by atoms with E-state index < -0.39 is 12.0 Å². The van der Waals surface area contributed by atoms with Gasteiger partial charge in [-0.2, -0.15) is 5.10 Å². The molecular weight excluding hydrogens is 350 g/mol. The topological polar surface area (TPSA) is 84.2 Å². The van der Waals surface area contributed by atoms with Gasteiger partial charge in [0, 0.05) is 17.2 Å². The summed E-state index contributed by atoms with van der Waals surface area (Å²) in [7, 11) is 0. The molecule has 0 radical (unpaired) electrons. The third-order valence-corrected chi connectivity index (χ3v) is 3.70. The SMILES string of the molecule is CCn1cc(C(=O)NC(CC(=O)O)c2ccc(Br)cc2)cn1. The van der Waals surface area contributed by atoms with Crippen LogP contribution in [0.3, 0.4) is 0 Å². The monoisotopic (exact) mass is 365 g/mol. The summed E-state index contributed by atoms with van der Waals surface area (Å²) >= 11 is 3.33. The van der Waals surface area contributed by atoms with E-state index in [4.69, 9.17) is 5.11 Å². The van der Waals surface area contributed by atoms with Crippen molar-refractivity contribution in [1.29, 1.82) is 0 Å². The number of carboxylic acid groups (broad SMARTS) is 1. The number of benzene rings is 1. The molecular formula is C15H16BrN3O3. The van der Waals surface area contributed by atoms with Gasteiger partial charge in [0.05, 0.1) is 24.2 Å². The maximum atomic E-state index is 12.2. The number of nitrogens with one attached hydrogen (secondary N) is 1. The van der Waals surface area contributed by atoms with E-state index in [9.17, 15) is 9.59 Å². The lowest BCUT2D eigenvalue weighted by molar-refractivity contribution is -0.137. The smallest absolute Gasteiger partial charge is 0.305 e. The van der Waals surface area contributed by atoms with Crippen molar-refractivity contribution in [3.8, 4) is 0 Å². The second kappa shape index (κ2) is 7.22. The first kappa shape index (κ1) is 16.2. The largest absolute Gasteiger partial charge is 0.481 e. The van der Waals surface area contributed by atoms with Crippen LogP contribution >= 0.6 is 15.9 Å². The van der Waals surface area contributed by atoms with Crippen LogP contribution in [0.15, 0.2) is 41.1 Å². The zero-order chi connectivity index (χ0) is 16.1. The highest BCUT2D eigenvalue weighted by atomic mass is 79.9. The molecule has 0 bridgehead atoms. The Bertz CT molecular complexity index is 667. The zero-order valence-electron chi connectivity index (χ0n) is 12.0. The molecule has 0 spiro atoms. The molecule has 0 fully saturated rings. The van der Waals surface area contributed by atoms with Crippen molar-refractivity contribution < 1.29 is 14.7 Å². The van der Waals surface area contributed by atoms with Crippen molar-refractivity contribution >= 4 is 27.8 Å². The summed E-state index contributed by atoms with van der Waals surface area (Å²) in [5, 5.41) is 15.8. The second-order valence-corrected chi connectivity index (χ2v) is 5.68. The molecule has 0 aliphatic rings. The summed E-state index contributed by atoms with van der Waals surface area (Å²) in [4.78, 5) is 23.3. The van der Waals surface area contributed by atoms with Gasteiger partial charge in [0.1, 0.15) is 0 Å². The van der Waals surface area contributed by atoms with E-state index in [1.807, 2.05) is 19.1 Å². The molecule has 1 amide bonds. The lowest BCUT2D eigenvalue weighted by Gasteiger charge is -2.17. The second-order valence-electron chi connectivity index (χ2n) is 4.76. The molecule has 2 aromatic rings. The van der Waals surface area contributed by atoms with Gasteiger partial charge in [-0.3, -0.25) is 14.3 Å². The maximum Gasteiger partial charge on any atom is 0.305 e. The number of carbonyl (C=O) groups excluding carboxylic acids is 1. The fourth-order valence-corrected chi connectivity index (χ4v) is 2.28. The van der Waals surface area contributed by atoms with Crippen LogP contribution in [-0.2, 0) is 11.3 Å². The number of carbonyl (C=O) groups is 2. The molecule has 1 atom stereocenters. The molecule has 0 aliphatic carbocycles. The number of aromatic nitrogens is 2. The third-order valence-electron chi connectivity index (χ3n) is 3.18. The van der Waals surface area contributed by atoms with Gasteiger partial charge >= 0.3 is 5.97 Å². The number of aliphatic carboxylic acids is 1. The molecule has 116 valence electrons. The Balaban J connectivity index is 2.17. The van der Waals surface area contributed by atoms with Crippen molar-refractivity contribution in [1.82, 2.24) is 15.1 Å². The Hall–Kier alpha value is -2.15. The first-order chi connectivity index (χ1) is 10.5. The van der Waals surface area contributed by atoms with Gasteiger partial charge in [-0.25, -0.2) is 0 Å². The van der Waals surface area contributed by atoms with Crippen molar-refractivity contribution in [3.63, 3.8) is 0 Å². The fraction of sp³-hybridized carbons (Fsp3) is 0.267. The summed E-state index contributed by atoms with van der Waals surface area (Å²) in [5.74, 6) is -1.31. The number of amides is 1. The van der Waals surface area contributed by atoms with Crippen LogP contribution in [-0.4, -0.2) is 26.8 Å². The molecule has 6 nitrogen and oxygen atoms in total. The Kier molecular flexibility index (Phi) is 5.32. The van der Waals surface area contributed by atoms with E-state index in [0.717, 1.165) is 10.0 Å². The molecule has 1 unspecified atom stereocenters. The predicted octanol–water partition coefficient (Wildman–Crippen LogP) is 2.61. The Morgan fingerprint density at radius 2 is 2.05 bits per heavy atom. The van der Waals surface area contributed by atoms with Crippen LogP contribution in [0.5, 0.6) is 0 Å². The number of hydrogen-bond acceptors (Lipinski definition) is 3. The van der Waals surface area contributed by atoms with E-state index in [1.54, 1.807) is 23.0 Å². The summed E-state index contributed by atoms with van der Waals surface area (Å²) in [6, 6.07) is 6.60. The average molecular weight is 366 g/mol. The number of rotatable bonds is 6. The van der Waals surface area contributed by atoms with Gasteiger partial charge < -0.3 is 10.4 Å². The molecule has 2 N–H and O–H groups in total. The Labute approximate surface area is 136 Å². The first-order valence-electron chi connectivity index (χ1n) is 6.80. The molecule has 0 aliphatic heterocycles. The van der Waals surface area contributed by atoms with Crippen LogP contribution in [0.1, 0.15) is 35.3 Å². The number of halogens is 1. The molecule has 1 aromatic heterocycles. The van der Waals surface area contributed by atoms with Crippen LogP contribution in [0.2, 0.25) is 0 Å². The fourth-order valence-electron chi connectivity index (χ4n) is 2.02.